The lowest BCUT2D eigenvalue weighted by Gasteiger charge is -2.15. The predicted octanol–water partition coefficient (Wildman–Crippen LogP) is 2.40. The van der Waals surface area contributed by atoms with Crippen molar-refractivity contribution in [3.8, 4) is 11.1 Å². The lowest BCUT2D eigenvalue weighted by Crippen LogP contribution is -2.29. The number of aromatic nitrogens is 5. The van der Waals surface area contributed by atoms with Crippen molar-refractivity contribution in [2.75, 3.05) is 19.6 Å². The quantitative estimate of drug-likeness (QED) is 0.484. The van der Waals surface area contributed by atoms with Gasteiger partial charge in [-0.1, -0.05) is 6.58 Å². The van der Waals surface area contributed by atoms with E-state index in [4.69, 9.17) is 0 Å². The highest BCUT2D eigenvalue weighted by Crippen LogP contribution is 2.31. The SMILES string of the molecule is C=CC(=O)NCC1CCN(Cc2cc3c(-c4cnn5ncccc45)ccnc3[nH]2)C1. The van der Waals surface area contributed by atoms with Crippen molar-refractivity contribution in [3.05, 3.63) is 61.2 Å². The average Bonchev–Trinajstić information content (AvgIpc) is 3.49. The summed E-state index contributed by atoms with van der Waals surface area (Å²) in [7, 11) is 0. The van der Waals surface area contributed by atoms with Gasteiger partial charge in [-0.3, -0.25) is 9.69 Å². The lowest BCUT2D eigenvalue weighted by atomic mass is 10.1. The topological polar surface area (TPSA) is 91.2 Å². The third-order valence-corrected chi connectivity index (χ3v) is 5.70. The van der Waals surface area contributed by atoms with E-state index in [0.29, 0.717) is 12.5 Å². The zero-order valence-corrected chi connectivity index (χ0v) is 16.6. The van der Waals surface area contributed by atoms with Crippen LogP contribution in [0, 0.1) is 5.92 Å². The molecular weight excluding hydrogens is 378 g/mol. The van der Waals surface area contributed by atoms with Crippen LogP contribution in [0.1, 0.15) is 12.1 Å². The fourth-order valence-corrected chi connectivity index (χ4v) is 4.22. The summed E-state index contributed by atoms with van der Waals surface area (Å²) in [5.41, 5.74) is 5.11. The van der Waals surface area contributed by atoms with Crippen LogP contribution in [0.2, 0.25) is 0 Å². The van der Waals surface area contributed by atoms with Crippen molar-refractivity contribution in [3.63, 3.8) is 0 Å². The number of amides is 1. The number of hydrogen-bond acceptors (Lipinski definition) is 5. The molecule has 0 radical (unpaired) electrons. The Labute approximate surface area is 173 Å². The van der Waals surface area contributed by atoms with E-state index in [-0.39, 0.29) is 5.91 Å². The average molecular weight is 401 g/mol. The molecule has 8 nitrogen and oxygen atoms in total. The van der Waals surface area contributed by atoms with Crippen LogP contribution in [0.5, 0.6) is 0 Å². The van der Waals surface area contributed by atoms with Crippen molar-refractivity contribution in [2.45, 2.75) is 13.0 Å². The summed E-state index contributed by atoms with van der Waals surface area (Å²) in [6.07, 6.45) is 7.81. The van der Waals surface area contributed by atoms with Gasteiger partial charge in [-0.05, 0) is 54.8 Å². The smallest absolute Gasteiger partial charge is 0.243 e. The van der Waals surface area contributed by atoms with E-state index in [1.165, 1.54) is 6.08 Å². The highest BCUT2D eigenvalue weighted by Gasteiger charge is 2.23. The van der Waals surface area contributed by atoms with Gasteiger partial charge in [0.2, 0.25) is 5.91 Å². The summed E-state index contributed by atoms with van der Waals surface area (Å²) < 4.78 is 1.64. The molecule has 5 heterocycles. The number of rotatable bonds is 6. The maximum Gasteiger partial charge on any atom is 0.243 e. The Kier molecular flexibility index (Phi) is 4.76. The number of aromatic amines is 1. The number of carbonyl (C=O) groups is 1. The Morgan fingerprint density at radius 3 is 3.13 bits per heavy atom. The van der Waals surface area contributed by atoms with E-state index in [1.54, 1.807) is 10.8 Å². The third-order valence-electron chi connectivity index (χ3n) is 5.70. The van der Waals surface area contributed by atoms with E-state index in [9.17, 15) is 4.79 Å². The van der Waals surface area contributed by atoms with Crippen molar-refractivity contribution in [1.29, 1.82) is 0 Å². The fourth-order valence-electron chi connectivity index (χ4n) is 4.22. The summed E-state index contributed by atoms with van der Waals surface area (Å²) in [5.74, 6) is 0.365. The number of nitrogens with one attached hydrogen (secondary N) is 2. The number of pyridine rings is 1. The van der Waals surface area contributed by atoms with Gasteiger partial charge in [0, 0.05) is 48.7 Å². The maximum absolute atomic E-state index is 11.4. The summed E-state index contributed by atoms with van der Waals surface area (Å²) in [6, 6.07) is 8.15. The second-order valence-electron chi connectivity index (χ2n) is 7.71. The molecule has 5 rings (SSSR count). The van der Waals surface area contributed by atoms with Gasteiger partial charge < -0.3 is 10.3 Å². The molecule has 152 valence electrons. The third kappa shape index (κ3) is 3.46. The number of nitrogens with zero attached hydrogens (tertiary/aromatic N) is 5. The van der Waals surface area contributed by atoms with E-state index >= 15 is 0 Å². The monoisotopic (exact) mass is 401 g/mol. The maximum atomic E-state index is 11.4. The number of H-pyrrole nitrogens is 1. The predicted molar refractivity (Wildman–Crippen MR) is 115 cm³/mol. The van der Waals surface area contributed by atoms with Gasteiger partial charge in [-0.25, -0.2) is 4.98 Å². The Morgan fingerprint density at radius 2 is 2.23 bits per heavy atom. The molecule has 4 aromatic heterocycles. The van der Waals surface area contributed by atoms with Gasteiger partial charge in [-0.15, -0.1) is 0 Å². The molecule has 1 unspecified atom stereocenters. The second-order valence-corrected chi connectivity index (χ2v) is 7.71. The standard InChI is InChI=1S/C22H23N7O/c1-2-21(30)24-11-15-6-9-28(13-15)14-16-10-18-17(5-8-23-22(18)27-16)19-12-26-29-20(19)4-3-7-25-29/h2-5,7-8,10,12,15H,1,6,9,11,13-14H2,(H,23,27)(H,24,30). The molecule has 30 heavy (non-hydrogen) atoms. The lowest BCUT2D eigenvalue weighted by molar-refractivity contribution is -0.116. The van der Waals surface area contributed by atoms with Gasteiger partial charge >= 0.3 is 0 Å². The van der Waals surface area contributed by atoms with Gasteiger partial charge in [0.1, 0.15) is 5.65 Å². The summed E-state index contributed by atoms with van der Waals surface area (Å²) in [5, 5.41) is 12.6. The van der Waals surface area contributed by atoms with E-state index in [0.717, 1.165) is 59.4 Å². The summed E-state index contributed by atoms with van der Waals surface area (Å²) >= 11 is 0. The molecule has 4 aromatic rings. The van der Waals surface area contributed by atoms with Crippen LogP contribution in [0.25, 0.3) is 27.7 Å². The molecular formula is C22H23N7O. The zero-order chi connectivity index (χ0) is 20.5. The van der Waals surface area contributed by atoms with Gasteiger partial charge in [0.15, 0.2) is 0 Å². The fraction of sp³-hybridized carbons (Fsp3) is 0.273. The molecule has 0 aromatic carbocycles. The molecule has 2 N–H and O–H groups in total. The van der Waals surface area contributed by atoms with E-state index in [2.05, 4.69) is 43.0 Å². The minimum atomic E-state index is -0.106. The van der Waals surface area contributed by atoms with Crippen LogP contribution < -0.4 is 5.32 Å². The Bertz CT molecular complexity index is 1220. The minimum absolute atomic E-state index is 0.106. The van der Waals surface area contributed by atoms with Crippen LogP contribution in [0.3, 0.4) is 0 Å². The molecule has 1 atom stereocenters. The number of likely N-dealkylation sites (tertiary alicyclic amines) is 1. The van der Waals surface area contributed by atoms with Crippen molar-refractivity contribution >= 4 is 22.5 Å². The molecule has 0 bridgehead atoms. The molecule has 0 aliphatic carbocycles. The molecule has 1 aliphatic rings. The Morgan fingerprint density at radius 1 is 1.30 bits per heavy atom. The van der Waals surface area contributed by atoms with Crippen LogP contribution in [-0.4, -0.2) is 55.2 Å². The largest absolute Gasteiger partial charge is 0.352 e. The van der Waals surface area contributed by atoms with Crippen molar-refractivity contribution < 1.29 is 4.79 Å². The molecule has 0 saturated carbocycles. The van der Waals surface area contributed by atoms with E-state index in [1.807, 2.05) is 30.6 Å². The van der Waals surface area contributed by atoms with Crippen LogP contribution in [0.4, 0.5) is 0 Å². The first-order valence-corrected chi connectivity index (χ1v) is 10.1. The normalized spacial score (nSPS) is 17.0. The summed E-state index contributed by atoms with van der Waals surface area (Å²) in [6.45, 7) is 7.01. The van der Waals surface area contributed by atoms with Crippen LogP contribution in [0.15, 0.2) is 55.5 Å². The first-order valence-electron chi connectivity index (χ1n) is 10.1. The van der Waals surface area contributed by atoms with Gasteiger partial charge in [-0.2, -0.15) is 14.8 Å². The highest BCUT2D eigenvalue weighted by atomic mass is 16.1. The van der Waals surface area contributed by atoms with Gasteiger partial charge in [0.25, 0.3) is 0 Å². The number of fused-ring (bicyclic) bond motifs is 2. The molecule has 1 fully saturated rings. The minimum Gasteiger partial charge on any atom is -0.352 e. The molecule has 8 heteroatoms. The first-order chi connectivity index (χ1) is 14.7. The molecule has 0 spiro atoms. The van der Waals surface area contributed by atoms with Crippen LogP contribution >= 0.6 is 0 Å². The molecule has 1 aliphatic heterocycles. The Hall–Kier alpha value is -3.52. The van der Waals surface area contributed by atoms with Crippen molar-refractivity contribution in [2.24, 2.45) is 5.92 Å². The molecule has 1 amide bonds. The summed E-state index contributed by atoms with van der Waals surface area (Å²) in [4.78, 5) is 21.8. The Balaban J connectivity index is 1.36. The second kappa shape index (κ2) is 7.72. The number of hydrogen-bond donors (Lipinski definition) is 2. The van der Waals surface area contributed by atoms with Crippen molar-refractivity contribution in [1.82, 2.24) is 35.0 Å². The zero-order valence-electron chi connectivity index (χ0n) is 16.6. The van der Waals surface area contributed by atoms with Gasteiger partial charge in [0.05, 0.1) is 11.7 Å². The number of carbonyl (C=O) groups excluding carboxylic acids is 1. The van der Waals surface area contributed by atoms with Crippen LogP contribution in [-0.2, 0) is 11.3 Å². The first kappa shape index (κ1) is 18.5. The molecule has 1 saturated heterocycles. The highest BCUT2D eigenvalue weighted by molar-refractivity contribution is 5.97. The van der Waals surface area contributed by atoms with E-state index < -0.39 is 0 Å².